The standard InChI is InChI=1S/C27H29N3O3S/c1-4-5-10-17-29(27(32)24-16-11-18-34-24)19(2)25-28-21-13-7-6-12-20(21)26(31)30(25)22-14-8-9-15-23(22)33-3/h6-9,11-16,18-19H,4-5,10,17H2,1-3H3. The van der Waals surface area contributed by atoms with Gasteiger partial charge >= 0.3 is 0 Å². The summed E-state index contributed by atoms with van der Waals surface area (Å²) >= 11 is 1.42. The number of methoxy groups -OCH3 is 1. The molecule has 0 saturated carbocycles. The summed E-state index contributed by atoms with van der Waals surface area (Å²) in [5, 5.41) is 2.42. The van der Waals surface area contributed by atoms with E-state index in [1.807, 2.05) is 71.8 Å². The number of thiophene rings is 1. The third kappa shape index (κ3) is 4.61. The smallest absolute Gasteiger partial charge is 0.266 e. The van der Waals surface area contributed by atoms with Crippen LogP contribution in [0.3, 0.4) is 0 Å². The van der Waals surface area contributed by atoms with Gasteiger partial charge in [-0.05, 0) is 49.1 Å². The molecule has 0 bridgehead atoms. The summed E-state index contributed by atoms with van der Waals surface area (Å²) in [6, 6.07) is 18.0. The minimum Gasteiger partial charge on any atom is -0.495 e. The Kier molecular flexibility index (Phi) is 7.43. The molecule has 2 aromatic carbocycles. The molecule has 34 heavy (non-hydrogen) atoms. The largest absolute Gasteiger partial charge is 0.495 e. The van der Waals surface area contributed by atoms with Gasteiger partial charge in [0.1, 0.15) is 11.6 Å². The first kappa shape index (κ1) is 23.7. The van der Waals surface area contributed by atoms with Crippen molar-refractivity contribution in [2.45, 2.75) is 39.2 Å². The number of hydrogen-bond donors (Lipinski definition) is 0. The Labute approximate surface area is 203 Å². The number of nitrogens with zero attached hydrogens (tertiary/aromatic N) is 3. The molecule has 1 amide bonds. The fraction of sp³-hybridized carbons (Fsp3) is 0.296. The molecule has 1 unspecified atom stereocenters. The molecule has 0 saturated heterocycles. The molecular formula is C27H29N3O3S. The summed E-state index contributed by atoms with van der Waals surface area (Å²) in [6.07, 6.45) is 2.95. The lowest BCUT2D eigenvalue weighted by Crippen LogP contribution is -2.38. The van der Waals surface area contributed by atoms with E-state index in [0.29, 0.717) is 39.6 Å². The number of hydrogen-bond acceptors (Lipinski definition) is 5. The van der Waals surface area contributed by atoms with E-state index in [4.69, 9.17) is 9.72 Å². The maximum Gasteiger partial charge on any atom is 0.266 e. The van der Waals surface area contributed by atoms with Crippen LogP contribution in [0.4, 0.5) is 0 Å². The van der Waals surface area contributed by atoms with E-state index < -0.39 is 6.04 Å². The summed E-state index contributed by atoms with van der Waals surface area (Å²) < 4.78 is 7.18. The summed E-state index contributed by atoms with van der Waals surface area (Å²) in [6.45, 7) is 4.67. The van der Waals surface area contributed by atoms with Crippen LogP contribution >= 0.6 is 11.3 Å². The van der Waals surface area contributed by atoms with Crippen LogP contribution in [-0.4, -0.2) is 34.0 Å². The molecule has 4 rings (SSSR count). The van der Waals surface area contributed by atoms with Gasteiger partial charge in [0.05, 0.1) is 34.6 Å². The fourth-order valence-electron chi connectivity index (χ4n) is 4.16. The number of carbonyl (C=O) groups excluding carboxylic acids is 1. The van der Waals surface area contributed by atoms with Crippen molar-refractivity contribution in [2.75, 3.05) is 13.7 Å². The van der Waals surface area contributed by atoms with Gasteiger partial charge in [0.2, 0.25) is 0 Å². The maximum absolute atomic E-state index is 13.8. The Hall–Kier alpha value is -3.45. The average Bonchev–Trinajstić information content (AvgIpc) is 3.41. The molecule has 0 aliphatic heterocycles. The summed E-state index contributed by atoms with van der Waals surface area (Å²) in [4.78, 5) is 34.7. The highest BCUT2D eigenvalue weighted by Crippen LogP contribution is 2.29. The minimum atomic E-state index is -0.436. The highest BCUT2D eigenvalue weighted by molar-refractivity contribution is 7.12. The van der Waals surface area contributed by atoms with Crippen molar-refractivity contribution in [1.29, 1.82) is 0 Å². The maximum atomic E-state index is 13.8. The Bertz CT molecular complexity index is 1330. The molecule has 7 heteroatoms. The molecule has 1 atom stereocenters. The number of fused-ring (bicyclic) bond motifs is 1. The number of benzene rings is 2. The second-order valence-electron chi connectivity index (χ2n) is 8.16. The lowest BCUT2D eigenvalue weighted by atomic mass is 10.1. The molecule has 6 nitrogen and oxygen atoms in total. The quantitative estimate of drug-likeness (QED) is 0.285. The molecule has 0 N–H and O–H groups in total. The number of para-hydroxylation sites is 3. The Morgan fingerprint density at radius 3 is 2.59 bits per heavy atom. The van der Waals surface area contributed by atoms with Crippen LogP contribution in [0.1, 0.15) is 54.6 Å². The van der Waals surface area contributed by atoms with Crippen molar-refractivity contribution >= 4 is 28.1 Å². The second-order valence-corrected chi connectivity index (χ2v) is 9.11. The fourth-order valence-corrected chi connectivity index (χ4v) is 4.84. The molecule has 0 aliphatic rings. The van der Waals surface area contributed by atoms with Gasteiger partial charge in [-0.2, -0.15) is 0 Å². The van der Waals surface area contributed by atoms with Crippen LogP contribution in [0.25, 0.3) is 16.6 Å². The molecule has 0 fully saturated rings. The number of ether oxygens (including phenoxy) is 1. The van der Waals surface area contributed by atoms with E-state index in [0.717, 1.165) is 19.3 Å². The van der Waals surface area contributed by atoms with E-state index >= 15 is 0 Å². The first-order valence-corrected chi connectivity index (χ1v) is 12.4. The Balaban J connectivity index is 1.91. The molecule has 0 radical (unpaired) electrons. The number of rotatable bonds is 9. The summed E-state index contributed by atoms with van der Waals surface area (Å²) in [5.74, 6) is 1.03. The van der Waals surface area contributed by atoms with Gasteiger partial charge in [-0.25, -0.2) is 4.98 Å². The van der Waals surface area contributed by atoms with Gasteiger partial charge in [0.15, 0.2) is 0 Å². The zero-order valence-electron chi connectivity index (χ0n) is 19.7. The lowest BCUT2D eigenvalue weighted by Gasteiger charge is -2.30. The van der Waals surface area contributed by atoms with Gasteiger partial charge in [0.25, 0.3) is 11.5 Å². The first-order valence-electron chi connectivity index (χ1n) is 11.6. The number of carbonyl (C=O) groups is 1. The minimum absolute atomic E-state index is 0.0485. The molecule has 176 valence electrons. The van der Waals surface area contributed by atoms with E-state index in [1.165, 1.54) is 11.3 Å². The first-order chi connectivity index (χ1) is 16.6. The topological polar surface area (TPSA) is 64.4 Å². The van der Waals surface area contributed by atoms with E-state index in [9.17, 15) is 9.59 Å². The predicted molar refractivity (Wildman–Crippen MR) is 137 cm³/mol. The predicted octanol–water partition coefficient (Wildman–Crippen LogP) is 5.85. The zero-order chi connectivity index (χ0) is 24.1. The van der Waals surface area contributed by atoms with Crippen LogP contribution in [0.5, 0.6) is 5.75 Å². The SMILES string of the molecule is CCCCCN(C(=O)c1cccs1)C(C)c1nc2ccccc2c(=O)n1-c1ccccc1OC. The number of aromatic nitrogens is 2. The van der Waals surface area contributed by atoms with Gasteiger partial charge in [-0.15, -0.1) is 11.3 Å². The van der Waals surface area contributed by atoms with Crippen molar-refractivity contribution in [1.82, 2.24) is 14.5 Å². The van der Waals surface area contributed by atoms with Crippen LogP contribution in [0.15, 0.2) is 70.8 Å². The summed E-state index contributed by atoms with van der Waals surface area (Å²) in [7, 11) is 1.58. The van der Waals surface area contributed by atoms with E-state index in [-0.39, 0.29) is 11.5 Å². The number of amides is 1. The van der Waals surface area contributed by atoms with Gasteiger partial charge in [0, 0.05) is 6.54 Å². The van der Waals surface area contributed by atoms with Crippen LogP contribution < -0.4 is 10.3 Å². The normalized spacial score (nSPS) is 12.0. The molecular weight excluding hydrogens is 446 g/mol. The summed E-state index contributed by atoms with van der Waals surface area (Å²) in [5.41, 5.74) is 1.03. The van der Waals surface area contributed by atoms with E-state index in [2.05, 4.69) is 6.92 Å². The van der Waals surface area contributed by atoms with Crippen molar-refractivity contribution in [3.05, 3.63) is 87.1 Å². The van der Waals surface area contributed by atoms with Crippen molar-refractivity contribution in [3.63, 3.8) is 0 Å². The van der Waals surface area contributed by atoms with Crippen LogP contribution in [0.2, 0.25) is 0 Å². The molecule has 0 aliphatic carbocycles. The van der Waals surface area contributed by atoms with Gasteiger partial charge in [-0.3, -0.25) is 14.2 Å². The van der Waals surface area contributed by atoms with E-state index in [1.54, 1.807) is 17.7 Å². The highest BCUT2D eigenvalue weighted by Gasteiger charge is 2.28. The van der Waals surface area contributed by atoms with Crippen molar-refractivity contribution < 1.29 is 9.53 Å². The van der Waals surface area contributed by atoms with Gasteiger partial charge in [-0.1, -0.05) is 50.1 Å². The van der Waals surface area contributed by atoms with Crippen molar-refractivity contribution in [2.24, 2.45) is 0 Å². The molecule has 4 aromatic rings. The number of unbranched alkanes of at least 4 members (excludes halogenated alkanes) is 2. The lowest BCUT2D eigenvalue weighted by molar-refractivity contribution is 0.0682. The van der Waals surface area contributed by atoms with Crippen LogP contribution in [0, 0.1) is 0 Å². The third-order valence-electron chi connectivity index (χ3n) is 5.96. The third-order valence-corrected chi connectivity index (χ3v) is 6.82. The monoisotopic (exact) mass is 475 g/mol. The zero-order valence-corrected chi connectivity index (χ0v) is 20.5. The Morgan fingerprint density at radius 2 is 1.85 bits per heavy atom. The molecule has 2 aromatic heterocycles. The van der Waals surface area contributed by atoms with Crippen molar-refractivity contribution in [3.8, 4) is 11.4 Å². The highest BCUT2D eigenvalue weighted by atomic mass is 32.1. The molecule has 2 heterocycles. The Morgan fingerprint density at radius 1 is 1.09 bits per heavy atom. The van der Waals surface area contributed by atoms with Gasteiger partial charge < -0.3 is 9.64 Å². The second kappa shape index (κ2) is 10.7. The van der Waals surface area contributed by atoms with Crippen LogP contribution in [-0.2, 0) is 0 Å². The molecule has 0 spiro atoms. The average molecular weight is 476 g/mol.